The van der Waals surface area contributed by atoms with E-state index >= 15 is 0 Å². The quantitative estimate of drug-likeness (QED) is 0.810. The number of amides is 1. The summed E-state index contributed by atoms with van der Waals surface area (Å²) in [5, 5.41) is 2.78. The number of nitrogens with zero attached hydrogens (tertiary/aromatic N) is 1. The number of anilines is 1. The molecule has 132 valence electrons. The molecule has 25 heavy (non-hydrogen) atoms. The minimum atomic E-state index is -0.743. The number of carbonyl (C=O) groups is 1. The Labute approximate surface area is 145 Å². The van der Waals surface area contributed by atoms with Crippen molar-refractivity contribution in [2.45, 2.75) is 19.1 Å². The smallest absolute Gasteiger partial charge is 0.269 e. The molecule has 0 spiro atoms. The molecule has 1 aliphatic rings. The minimum absolute atomic E-state index is 0.295. The van der Waals surface area contributed by atoms with Gasteiger partial charge in [-0.25, -0.2) is 4.98 Å². The Bertz CT molecular complexity index is 720. The van der Waals surface area contributed by atoms with Crippen LogP contribution in [0.1, 0.15) is 6.92 Å². The van der Waals surface area contributed by atoms with Crippen LogP contribution in [0.4, 0.5) is 5.69 Å². The Kier molecular flexibility index (Phi) is 5.35. The van der Waals surface area contributed by atoms with E-state index < -0.39 is 12.2 Å². The highest BCUT2D eigenvalue weighted by molar-refractivity contribution is 5.95. The number of hydrogen-bond donors (Lipinski definition) is 1. The molecule has 2 atom stereocenters. The highest BCUT2D eigenvalue weighted by Crippen LogP contribution is 2.33. The molecule has 0 unspecified atom stereocenters. The lowest BCUT2D eigenvalue weighted by molar-refractivity contribution is -0.128. The predicted molar refractivity (Wildman–Crippen MR) is 91.2 cm³/mol. The van der Waals surface area contributed by atoms with Gasteiger partial charge in [-0.15, -0.1) is 0 Å². The summed E-state index contributed by atoms with van der Waals surface area (Å²) in [5.41, 5.74) is 0.554. The first-order chi connectivity index (χ1) is 12.2. The average Bonchev–Trinajstić information content (AvgIpc) is 2.62. The van der Waals surface area contributed by atoms with Crippen molar-refractivity contribution >= 4 is 11.6 Å². The fourth-order valence-electron chi connectivity index (χ4n) is 2.39. The number of carbonyl (C=O) groups excluding carboxylic acids is 1. The lowest BCUT2D eigenvalue weighted by atomic mass is 10.1. The van der Waals surface area contributed by atoms with Gasteiger partial charge in [-0.1, -0.05) is 12.1 Å². The molecular formula is C18H20N2O5. The number of rotatable bonds is 6. The number of nitrogens with one attached hydrogen (secondary N) is 1. The molecule has 0 bridgehead atoms. The van der Waals surface area contributed by atoms with Crippen LogP contribution in [0.3, 0.4) is 0 Å². The number of ether oxygens (including phenoxy) is 4. The largest absolute Gasteiger partial charge is 0.482 e. The van der Waals surface area contributed by atoms with Gasteiger partial charge in [0.05, 0.1) is 18.5 Å². The van der Waals surface area contributed by atoms with Crippen LogP contribution >= 0.6 is 0 Å². The molecule has 7 nitrogen and oxygen atoms in total. The molecule has 0 saturated heterocycles. The monoisotopic (exact) mass is 344 g/mol. The molecule has 1 N–H and O–H groups in total. The molecule has 0 fully saturated rings. The number of benzene rings is 1. The van der Waals surface area contributed by atoms with Gasteiger partial charge in [-0.3, -0.25) is 4.79 Å². The van der Waals surface area contributed by atoms with Crippen LogP contribution in [0.25, 0.3) is 0 Å². The van der Waals surface area contributed by atoms with Crippen LogP contribution in [0.5, 0.6) is 17.4 Å². The number of hydrogen-bond acceptors (Lipinski definition) is 6. The van der Waals surface area contributed by atoms with Crippen LogP contribution < -0.4 is 19.5 Å². The normalized spacial score (nSPS) is 18.5. The topological polar surface area (TPSA) is 78.9 Å². The van der Waals surface area contributed by atoms with Crippen molar-refractivity contribution in [1.29, 1.82) is 0 Å². The van der Waals surface area contributed by atoms with Gasteiger partial charge in [-0.05, 0) is 25.1 Å². The Morgan fingerprint density at radius 1 is 1.16 bits per heavy atom. The van der Waals surface area contributed by atoms with Crippen molar-refractivity contribution in [3.8, 4) is 17.4 Å². The first-order valence-corrected chi connectivity index (χ1v) is 7.98. The van der Waals surface area contributed by atoms with Gasteiger partial charge in [0.1, 0.15) is 12.7 Å². The highest BCUT2D eigenvalue weighted by atomic mass is 16.6. The molecule has 2 aromatic rings. The maximum Gasteiger partial charge on any atom is 0.269 e. The van der Waals surface area contributed by atoms with Crippen molar-refractivity contribution in [3.05, 3.63) is 42.6 Å². The van der Waals surface area contributed by atoms with Crippen LogP contribution in [0.2, 0.25) is 0 Å². The highest BCUT2D eigenvalue weighted by Gasteiger charge is 2.34. The third-order valence-electron chi connectivity index (χ3n) is 3.64. The molecule has 0 saturated carbocycles. The molecule has 3 rings (SSSR count). The molecule has 1 amide bonds. The van der Waals surface area contributed by atoms with E-state index in [0.29, 0.717) is 36.3 Å². The summed E-state index contributed by atoms with van der Waals surface area (Å²) in [6.07, 6.45) is 0.384. The van der Waals surface area contributed by atoms with Gasteiger partial charge >= 0.3 is 0 Å². The Morgan fingerprint density at radius 3 is 2.60 bits per heavy atom. The maximum absolute atomic E-state index is 12.5. The summed E-state index contributed by atoms with van der Waals surface area (Å²) in [6.45, 7) is 2.70. The number of methoxy groups -OCH3 is 1. The van der Waals surface area contributed by atoms with Gasteiger partial charge in [0.2, 0.25) is 12.0 Å². The summed E-state index contributed by atoms with van der Waals surface area (Å²) in [7, 11) is 1.60. The zero-order valence-corrected chi connectivity index (χ0v) is 14.1. The molecule has 0 radical (unpaired) electrons. The zero-order chi connectivity index (χ0) is 17.6. The molecule has 1 aromatic carbocycles. The Hall–Kier alpha value is -2.80. The summed E-state index contributed by atoms with van der Waals surface area (Å²) in [6, 6.07) is 10.7. The lowest BCUT2D eigenvalue weighted by Gasteiger charge is -2.30. The van der Waals surface area contributed by atoms with E-state index in [0.717, 1.165) is 0 Å². The van der Waals surface area contributed by atoms with Gasteiger partial charge in [0.15, 0.2) is 11.5 Å². The summed E-state index contributed by atoms with van der Waals surface area (Å²) >= 11 is 0. The van der Waals surface area contributed by atoms with E-state index in [2.05, 4.69) is 10.3 Å². The maximum atomic E-state index is 12.5. The van der Waals surface area contributed by atoms with E-state index in [1.165, 1.54) is 6.20 Å². The molecule has 2 heterocycles. The van der Waals surface area contributed by atoms with Gasteiger partial charge in [-0.2, -0.15) is 0 Å². The summed E-state index contributed by atoms with van der Waals surface area (Å²) in [5.74, 6) is 1.37. The first-order valence-electron chi connectivity index (χ1n) is 7.98. The molecule has 0 aliphatic carbocycles. The van der Waals surface area contributed by atoms with Crippen LogP contribution in [-0.4, -0.2) is 43.4 Å². The molecule has 1 aliphatic heterocycles. The minimum Gasteiger partial charge on any atom is -0.482 e. The fourth-order valence-corrected chi connectivity index (χ4v) is 2.39. The summed E-state index contributed by atoms with van der Waals surface area (Å²) < 4.78 is 21.8. The molecule has 1 aromatic heterocycles. The molecular weight excluding hydrogens is 324 g/mol. The predicted octanol–water partition coefficient (Wildman–Crippen LogP) is 2.27. The second-order valence-corrected chi connectivity index (χ2v) is 5.52. The SMILES string of the molecule is COCCOc1ccc(NC(=O)[C@@H]2Oc3ccccc3O[C@@H]2C)cn1. The van der Waals surface area contributed by atoms with E-state index in [4.69, 9.17) is 18.9 Å². The van der Waals surface area contributed by atoms with Gasteiger partial charge in [0, 0.05) is 13.2 Å². The number of para-hydroxylation sites is 2. The van der Waals surface area contributed by atoms with Crippen molar-refractivity contribution in [2.75, 3.05) is 25.6 Å². The van der Waals surface area contributed by atoms with Crippen LogP contribution in [0.15, 0.2) is 42.6 Å². The van der Waals surface area contributed by atoms with Gasteiger partial charge < -0.3 is 24.3 Å². The van der Waals surface area contributed by atoms with Crippen molar-refractivity contribution in [3.63, 3.8) is 0 Å². The second kappa shape index (κ2) is 7.85. The van der Waals surface area contributed by atoms with E-state index in [-0.39, 0.29) is 5.91 Å². The third-order valence-corrected chi connectivity index (χ3v) is 3.64. The zero-order valence-electron chi connectivity index (χ0n) is 14.1. The lowest BCUT2D eigenvalue weighted by Crippen LogP contribution is -2.46. The average molecular weight is 344 g/mol. The third kappa shape index (κ3) is 4.19. The van der Waals surface area contributed by atoms with E-state index in [1.54, 1.807) is 32.2 Å². The number of aromatic nitrogens is 1. The van der Waals surface area contributed by atoms with Crippen LogP contribution in [-0.2, 0) is 9.53 Å². The van der Waals surface area contributed by atoms with Gasteiger partial charge in [0.25, 0.3) is 5.91 Å². The fraction of sp³-hybridized carbons (Fsp3) is 0.333. The first kappa shape index (κ1) is 17.0. The van der Waals surface area contributed by atoms with E-state index in [1.807, 2.05) is 18.2 Å². The Morgan fingerprint density at radius 2 is 1.92 bits per heavy atom. The van der Waals surface area contributed by atoms with Crippen LogP contribution in [0, 0.1) is 0 Å². The van der Waals surface area contributed by atoms with Crippen molar-refractivity contribution in [2.24, 2.45) is 0 Å². The number of fused-ring (bicyclic) bond motifs is 1. The van der Waals surface area contributed by atoms with E-state index in [9.17, 15) is 4.79 Å². The van der Waals surface area contributed by atoms with Crippen molar-refractivity contribution < 1.29 is 23.7 Å². The summed E-state index contributed by atoms with van der Waals surface area (Å²) in [4.78, 5) is 16.6. The molecule has 7 heteroatoms. The Balaban J connectivity index is 1.60. The van der Waals surface area contributed by atoms with Crippen molar-refractivity contribution in [1.82, 2.24) is 4.98 Å². The second-order valence-electron chi connectivity index (χ2n) is 5.52. The standard InChI is InChI=1S/C18H20N2O5/c1-12-17(25-15-6-4-3-5-14(15)24-12)18(21)20-13-7-8-16(19-11-13)23-10-9-22-2/h3-8,11-12,17H,9-10H2,1-2H3,(H,20,21)/t12-,17-/m1/s1. The number of pyridine rings is 1.